The van der Waals surface area contributed by atoms with Crippen LogP contribution in [0.4, 0.5) is 0 Å². The predicted octanol–water partition coefficient (Wildman–Crippen LogP) is 7.36. The molecule has 1 N–H and O–H groups in total. The van der Waals surface area contributed by atoms with Gasteiger partial charge in [0.15, 0.2) is 11.5 Å². The summed E-state index contributed by atoms with van der Waals surface area (Å²) in [4.78, 5) is 0. The van der Waals surface area contributed by atoms with Crippen LogP contribution in [0.1, 0.15) is 71.1 Å². The summed E-state index contributed by atoms with van der Waals surface area (Å²) < 4.78 is 5.82. The van der Waals surface area contributed by atoms with Crippen LogP contribution in [0.5, 0.6) is 11.5 Å². The standard InChI is InChI=1S/C24H34O2/c1-2-3-4-5-6-7-8-9-10-14-20-26-23-19-15-18-22(24(23)25)21-16-12-11-13-17-21/h11-13,15-19,25H,2-10,14,20H2,1H3. The Hall–Kier alpha value is -1.96. The fourth-order valence-electron chi connectivity index (χ4n) is 3.26. The van der Waals surface area contributed by atoms with Gasteiger partial charge in [0, 0.05) is 5.56 Å². The zero-order chi connectivity index (χ0) is 18.5. The summed E-state index contributed by atoms with van der Waals surface area (Å²) in [5, 5.41) is 10.5. The minimum Gasteiger partial charge on any atom is -0.504 e. The third-order valence-corrected chi connectivity index (χ3v) is 4.84. The highest BCUT2D eigenvalue weighted by molar-refractivity contribution is 5.73. The summed E-state index contributed by atoms with van der Waals surface area (Å²) in [5.74, 6) is 0.827. The van der Waals surface area contributed by atoms with Gasteiger partial charge in [0.05, 0.1) is 6.61 Å². The first-order chi connectivity index (χ1) is 12.8. The Bertz CT molecular complexity index is 607. The molecule has 0 aliphatic carbocycles. The van der Waals surface area contributed by atoms with Crippen molar-refractivity contribution in [1.82, 2.24) is 0 Å². The van der Waals surface area contributed by atoms with Crippen LogP contribution >= 0.6 is 0 Å². The number of benzene rings is 2. The van der Waals surface area contributed by atoms with E-state index in [2.05, 4.69) is 6.92 Å². The van der Waals surface area contributed by atoms with Crippen LogP contribution in [0.2, 0.25) is 0 Å². The van der Waals surface area contributed by atoms with Crippen molar-refractivity contribution >= 4 is 0 Å². The highest BCUT2D eigenvalue weighted by Gasteiger charge is 2.09. The Labute approximate surface area is 159 Å². The molecule has 0 unspecified atom stereocenters. The van der Waals surface area contributed by atoms with Gasteiger partial charge in [-0.05, 0) is 18.1 Å². The monoisotopic (exact) mass is 354 g/mol. The number of phenols is 1. The molecular weight excluding hydrogens is 320 g/mol. The van der Waals surface area contributed by atoms with E-state index < -0.39 is 0 Å². The molecule has 2 heteroatoms. The topological polar surface area (TPSA) is 29.5 Å². The Morgan fingerprint density at radius 3 is 1.96 bits per heavy atom. The molecule has 0 bridgehead atoms. The summed E-state index contributed by atoms with van der Waals surface area (Å²) in [6, 6.07) is 15.7. The lowest BCUT2D eigenvalue weighted by atomic mass is 10.0. The van der Waals surface area contributed by atoms with E-state index in [0.29, 0.717) is 12.4 Å². The number of hydrogen-bond acceptors (Lipinski definition) is 2. The summed E-state index contributed by atoms with van der Waals surface area (Å²) in [6.45, 7) is 2.93. The number of phenolic OH excluding ortho intramolecular Hbond substituents is 1. The second-order valence-corrected chi connectivity index (χ2v) is 7.05. The molecule has 0 aliphatic rings. The molecular formula is C24H34O2. The van der Waals surface area contributed by atoms with Gasteiger partial charge in [0.1, 0.15) is 0 Å². The van der Waals surface area contributed by atoms with Crippen molar-refractivity contribution in [2.45, 2.75) is 71.1 Å². The fourth-order valence-corrected chi connectivity index (χ4v) is 3.26. The molecule has 0 fully saturated rings. The molecule has 0 radical (unpaired) electrons. The van der Waals surface area contributed by atoms with E-state index in [9.17, 15) is 5.11 Å². The van der Waals surface area contributed by atoms with Gasteiger partial charge in [0.25, 0.3) is 0 Å². The lowest BCUT2D eigenvalue weighted by Gasteiger charge is -2.11. The van der Waals surface area contributed by atoms with Crippen molar-refractivity contribution < 1.29 is 9.84 Å². The minimum absolute atomic E-state index is 0.241. The van der Waals surface area contributed by atoms with E-state index in [1.807, 2.05) is 48.5 Å². The molecule has 0 atom stereocenters. The van der Waals surface area contributed by atoms with Crippen molar-refractivity contribution in [1.29, 1.82) is 0 Å². The number of para-hydroxylation sites is 1. The Morgan fingerprint density at radius 2 is 1.31 bits per heavy atom. The van der Waals surface area contributed by atoms with Crippen LogP contribution in [0.15, 0.2) is 48.5 Å². The van der Waals surface area contributed by atoms with Gasteiger partial charge in [-0.1, -0.05) is 107 Å². The van der Waals surface area contributed by atoms with Crippen LogP contribution in [-0.4, -0.2) is 11.7 Å². The quantitative estimate of drug-likeness (QED) is 0.381. The Kier molecular flexibility index (Phi) is 9.71. The number of unbranched alkanes of at least 4 members (excludes halogenated alkanes) is 9. The van der Waals surface area contributed by atoms with E-state index in [1.165, 1.54) is 57.8 Å². The van der Waals surface area contributed by atoms with Gasteiger partial charge in [-0.3, -0.25) is 0 Å². The molecule has 2 rings (SSSR count). The minimum atomic E-state index is 0.241. The average molecular weight is 355 g/mol. The van der Waals surface area contributed by atoms with Crippen LogP contribution < -0.4 is 4.74 Å². The first kappa shape index (κ1) is 20.4. The molecule has 0 amide bonds. The predicted molar refractivity (Wildman–Crippen MR) is 111 cm³/mol. The average Bonchev–Trinajstić information content (AvgIpc) is 2.68. The van der Waals surface area contributed by atoms with Gasteiger partial charge >= 0.3 is 0 Å². The largest absolute Gasteiger partial charge is 0.504 e. The SMILES string of the molecule is CCCCCCCCCCCCOc1cccc(-c2ccccc2)c1O. The van der Waals surface area contributed by atoms with E-state index in [-0.39, 0.29) is 5.75 Å². The summed E-state index contributed by atoms with van der Waals surface area (Å²) in [6.07, 6.45) is 13.1. The first-order valence-corrected chi connectivity index (χ1v) is 10.3. The third kappa shape index (κ3) is 7.11. The number of ether oxygens (including phenoxy) is 1. The molecule has 0 heterocycles. The molecule has 2 nitrogen and oxygen atoms in total. The van der Waals surface area contributed by atoms with Gasteiger partial charge in [-0.25, -0.2) is 0 Å². The van der Waals surface area contributed by atoms with Crippen molar-refractivity contribution in [2.24, 2.45) is 0 Å². The van der Waals surface area contributed by atoms with Gasteiger partial charge in [-0.15, -0.1) is 0 Å². The van der Waals surface area contributed by atoms with Gasteiger partial charge in [0.2, 0.25) is 0 Å². The number of aromatic hydroxyl groups is 1. The number of rotatable bonds is 13. The van der Waals surface area contributed by atoms with E-state index in [1.54, 1.807) is 0 Å². The van der Waals surface area contributed by atoms with Crippen LogP contribution in [0.3, 0.4) is 0 Å². The maximum absolute atomic E-state index is 10.5. The van der Waals surface area contributed by atoms with Crippen LogP contribution in [0.25, 0.3) is 11.1 Å². The normalized spacial score (nSPS) is 10.8. The Morgan fingerprint density at radius 1 is 0.692 bits per heavy atom. The zero-order valence-corrected chi connectivity index (χ0v) is 16.3. The molecule has 0 aliphatic heterocycles. The zero-order valence-electron chi connectivity index (χ0n) is 16.3. The van der Waals surface area contributed by atoms with E-state index in [0.717, 1.165) is 17.5 Å². The summed E-state index contributed by atoms with van der Waals surface area (Å²) in [7, 11) is 0. The second-order valence-electron chi connectivity index (χ2n) is 7.05. The molecule has 0 spiro atoms. The molecule has 142 valence electrons. The molecule has 0 saturated heterocycles. The highest BCUT2D eigenvalue weighted by atomic mass is 16.5. The van der Waals surface area contributed by atoms with E-state index in [4.69, 9.17) is 4.74 Å². The summed E-state index contributed by atoms with van der Waals surface area (Å²) in [5.41, 5.74) is 1.83. The highest BCUT2D eigenvalue weighted by Crippen LogP contribution is 2.36. The molecule has 2 aromatic carbocycles. The Balaban J connectivity index is 1.63. The summed E-state index contributed by atoms with van der Waals surface area (Å²) >= 11 is 0. The molecule has 0 saturated carbocycles. The lowest BCUT2D eigenvalue weighted by molar-refractivity contribution is 0.289. The smallest absolute Gasteiger partial charge is 0.165 e. The lowest BCUT2D eigenvalue weighted by Crippen LogP contribution is -1.98. The van der Waals surface area contributed by atoms with Crippen molar-refractivity contribution in [2.75, 3.05) is 6.61 Å². The maximum atomic E-state index is 10.5. The molecule has 0 aromatic heterocycles. The first-order valence-electron chi connectivity index (χ1n) is 10.3. The molecule has 2 aromatic rings. The van der Waals surface area contributed by atoms with Gasteiger partial charge < -0.3 is 9.84 Å². The van der Waals surface area contributed by atoms with E-state index >= 15 is 0 Å². The third-order valence-electron chi connectivity index (χ3n) is 4.84. The van der Waals surface area contributed by atoms with Crippen LogP contribution in [0, 0.1) is 0 Å². The molecule has 26 heavy (non-hydrogen) atoms. The van der Waals surface area contributed by atoms with Gasteiger partial charge in [-0.2, -0.15) is 0 Å². The number of hydrogen-bond donors (Lipinski definition) is 1. The maximum Gasteiger partial charge on any atom is 0.165 e. The van der Waals surface area contributed by atoms with Crippen molar-refractivity contribution in [3.05, 3.63) is 48.5 Å². The van der Waals surface area contributed by atoms with Crippen molar-refractivity contribution in [3.8, 4) is 22.6 Å². The second kappa shape index (κ2) is 12.4. The van der Waals surface area contributed by atoms with Crippen LogP contribution in [-0.2, 0) is 0 Å². The fraction of sp³-hybridized carbons (Fsp3) is 0.500. The van der Waals surface area contributed by atoms with Crippen molar-refractivity contribution in [3.63, 3.8) is 0 Å².